The Morgan fingerprint density at radius 3 is 2.54 bits per heavy atom. The van der Waals surface area contributed by atoms with Crippen molar-refractivity contribution < 1.29 is 17.2 Å². The van der Waals surface area contributed by atoms with Crippen LogP contribution in [0.5, 0.6) is 0 Å². The highest BCUT2D eigenvalue weighted by Gasteiger charge is 2.20. The Kier molecular flexibility index (Phi) is 5.61. The third kappa shape index (κ3) is 3.93. The summed E-state index contributed by atoms with van der Waals surface area (Å²) >= 11 is 6.09. The van der Waals surface area contributed by atoms with Gasteiger partial charge in [0.15, 0.2) is 0 Å². The number of rotatable bonds is 7. The van der Waals surface area contributed by atoms with Gasteiger partial charge in [0.05, 0.1) is 34.8 Å². The third-order valence-electron chi connectivity index (χ3n) is 3.60. The van der Waals surface area contributed by atoms with Gasteiger partial charge in [-0.2, -0.15) is 19.0 Å². The fourth-order valence-electron chi connectivity index (χ4n) is 2.25. The van der Waals surface area contributed by atoms with Gasteiger partial charge >= 0.3 is 6.55 Å². The summed E-state index contributed by atoms with van der Waals surface area (Å²) in [4.78, 5) is -0.301. The molecule has 2 aromatic heterocycles. The number of aromatic nitrogens is 4. The van der Waals surface area contributed by atoms with Gasteiger partial charge in [-0.1, -0.05) is 11.6 Å². The maximum absolute atomic E-state index is 12.5. The van der Waals surface area contributed by atoms with Gasteiger partial charge in [-0.05, 0) is 27.2 Å². The van der Waals surface area contributed by atoms with Crippen LogP contribution in [-0.4, -0.2) is 34.5 Å². The molecule has 0 fully saturated rings. The van der Waals surface area contributed by atoms with E-state index in [0.29, 0.717) is 17.1 Å². The number of hydrogen-bond acceptors (Lipinski definition) is 4. The Hall–Kier alpha value is -1.52. The Bertz CT molecular complexity index is 818. The lowest BCUT2D eigenvalue weighted by atomic mass is 10.2. The highest BCUT2D eigenvalue weighted by Crippen LogP contribution is 2.23. The van der Waals surface area contributed by atoms with E-state index in [1.807, 2.05) is 13.8 Å². The second kappa shape index (κ2) is 7.16. The van der Waals surface area contributed by atoms with Gasteiger partial charge in [-0.3, -0.25) is 4.68 Å². The van der Waals surface area contributed by atoms with Crippen molar-refractivity contribution in [3.05, 3.63) is 28.8 Å². The van der Waals surface area contributed by atoms with Gasteiger partial charge in [0.2, 0.25) is 10.0 Å². The molecule has 0 bridgehead atoms. The summed E-state index contributed by atoms with van der Waals surface area (Å²) in [6.45, 7) is 2.76. The molecule has 2 aromatic rings. The number of alkyl halides is 2. The topological polar surface area (TPSA) is 81.8 Å². The summed E-state index contributed by atoms with van der Waals surface area (Å²) < 4.78 is 53.4. The second-order valence-electron chi connectivity index (χ2n) is 5.40. The lowest BCUT2D eigenvalue weighted by Crippen LogP contribution is -2.26. The molecule has 0 aliphatic rings. The van der Waals surface area contributed by atoms with Crippen LogP contribution in [0.15, 0.2) is 17.3 Å². The number of aryl methyl sites for hydroxylation is 1. The van der Waals surface area contributed by atoms with Gasteiger partial charge < -0.3 is 0 Å². The van der Waals surface area contributed by atoms with E-state index in [9.17, 15) is 17.2 Å². The zero-order chi connectivity index (χ0) is 18.1. The number of halogens is 3. The van der Waals surface area contributed by atoms with Crippen LogP contribution in [0.1, 0.15) is 37.3 Å². The zero-order valence-corrected chi connectivity index (χ0v) is 14.9. The molecule has 11 heteroatoms. The Morgan fingerprint density at radius 2 is 2.04 bits per heavy atom. The van der Waals surface area contributed by atoms with E-state index < -0.39 is 16.6 Å². The van der Waals surface area contributed by atoms with Gasteiger partial charge in [0.25, 0.3) is 0 Å². The molecule has 134 valence electrons. The summed E-state index contributed by atoms with van der Waals surface area (Å²) in [6, 6.07) is -0.0808. The molecule has 0 aliphatic carbocycles. The van der Waals surface area contributed by atoms with Gasteiger partial charge in [-0.25, -0.2) is 17.8 Å². The largest absolute Gasteiger partial charge is 0.333 e. The fraction of sp³-hybridized carbons (Fsp3) is 0.538. The standard InChI is InChI=1S/C13H18ClF2N5O2S/c1-8(21-10(3)12(14)9(2)19-21)4-5-18-24(22,23)11-6-17-20(7-11)13(15)16/h6-8,13,18H,4-5H2,1-3H3/t8-/m0/s1. The molecule has 0 aliphatic heterocycles. The van der Waals surface area contributed by atoms with Gasteiger partial charge in [0, 0.05) is 6.54 Å². The molecule has 1 N–H and O–H groups in total. The van der Waals surface area contributed by atoms with Crippen LogP contribution >= 0.6 is 11.6 Å². The van der Waals surface area contributed by atoms with E-state index in [4.69, 9.17) is 11.6 Å². The van der Waals surface area contributed by atoms with Crippen molar-refractivity contribution in [2.24, 2.45) is 0 Å². The normalized spacial score (nSPS) is 13.6. The highest BCUT2D eigenvalue weighted by molar-refractivity contribution is 7.89. The minimum absolute atomic E-state index is 0.0808. The first-order valence-electron chi connectivity index (χ1n) is 7.16. The highest BCUT2D eigenvalue weighted by atomic mass is 35.5. The third-order valence-corrected chi connectivity index (χ3v) is 5.56. The second-order valence-corrected chi connectivity index (χ2v) is 7.54. The van der Waals surface area contributed by atoms with Crippen LogP contribution in [0.2, 0.25) is 5.02 Å². The van der Waals surface area contributed by atoms with Crippen LogP contribution < -0.4 is 4.72 Å². The van der Waals surface area contributed by atoms with Gasteiger partial charge in [0.1, 0.15) is 4.90 Å². The molecule has 0 aromatic carbocycles. The van der Waals surface area contributed by atoms with E-state index in [1.54, 1.807) is 11.6 Å². The summed E-state index contributed by atoms with van der Waals surface area (Å²) in [6.07, 6.45) is 2.14. The molecular formula is C13H18ClF2N5O2S. The zero-order valence-electron chi connectivity index (χ0n) is 13.4. The average molecular weight is 382 g/mol. The SMILES string of the molecule is Cc1nn([C@@H](C)CCNS(=O)(=O)c2cnn(C(F)F)c2)c(C)c1Cl. The summed E-state index contributed by atoms with van der Waals surface area (Å²) in [5.41, 5.74) is 1.52. The Balaban J connectivity index is 1.98. The smallest absolute Gasteiger partial charge is 0.265 e. The predicted molar refractivity (Wildman–Crippen MR) is 84.7 cm³/mol. The van der Waals surface area contributed by atoms with Crippen molar-refractivity contribution in [3.63, 3.8) is 0 Å². The maximum atomic E-state index is 12.5. The first kappa shape index (κ1) is 18.8. The lowest BCUT2D eigenvalue weighted by molar-refractivity contribution is 0.0564. The van der Waals surface area contributed by atoms with Crippen molar-refractivity contribution in [1.82, 2.24) is 24.3 Å². The van der Waals surface area contributed by atoms with Crippen LogP contribution in [0.4, 0.5) is 8.78 Å². The quantitative estimate of drug-likeness (QED) is 0.799. The molecule has 2 heterocycles. The molecule has 0 saturated carbocycles. The van der Waals surface area contributed by atoms with E-state index in [0.717, 1.165) is 18.1 Å². The van der Waals surface area contributed by atoms with Crippen molar-refractivity contribution >= 4 is 21.6 Å². The van der Waals surface area contributed by atoms with Crippen LogP contribution in [-0.2, 0) is 10.0 Å². The van der Waals surface area contributed by atoms with Crippen molar-refractivity contribution in [3.8, 4) is 0 Å². The first-order chi connectivity index (χ1) is 11.1. The minimum atomic E-state index is -3.89. The van der Waals surface area contributed by atoms with Crippen molar-refractivity contribution in [2.75, 3.05) is 6.54 Å². The van der Waals surface area contributed by atoms with Gasteiger partial charge in [-0.15, -0.1) is 0 Å². The Morgan fingerprint density at radius 1 is 1.38 bits per heavy atom. The summed E-state index contributed by atoms with van der Waals surface area (Å²) in [5, 5.41) is 8.22. The summed E-state index contributed by atoms with van der Waals surface area (Å²) in [7, 11) is -3.89. The van der Waals surface area contributed by atoms with E-state index in [-0.39, 0.29) is 22.2 Å². The molecule has 24 heavy (non-hydrogen) atoms. The molecule has 2 rings (SSSR count). The molecule has 0 radical (unpaired) electrons. The molecule has 0 spiro atoms. The average Bonchev–Trinajstić information content (AvgIpc) is 3.09. The van der Waals surface area contributed by atoms with Crippen LogP contribution in [0.25, 0.3) is 0 Å². The fourth-order valence-corrected chi connectivity index (χ4v) is 3.36. The molecular weight excluding hydrogens is 364 g/mol. The summed E-state index contributed by atoms with van der Waals surface area (Å²) in [5.74, 6) is 0. The van der Waals surface area contributed by atoms with E-state index in [2.05, 4.69) is 14.9 Å². The molecule has 0 saturated heterocycles. The van der Waals surface area contributed by atoms with E-state index in [1.165, 1.54) is 0 Å². The number of sulfonamides is 1. The monoisotopic (exact) mass is 381 g/mol. The Labute approximate surface area is 143 Å². The predicted octanol–water partition coefficient (Wildman–Crippen LogP) is 2.67. The van der Waals surface area contributed by atoms with Crippen molar-refractivity contribution in [1.29, 1.82) is 0 Å². The number of nitrogens with zero attached hydrogens (tertiary/aromatic N) is 4. The van der Waals surface area contributed by atoms with E-state index >= 15 is 0 Å². The first-order valence-corrected chi connectivity index (χ1v) is 9.02. The molecule has 1 atom stereocenters. The molecule has 7 nitrogen and oxygen atoms in total. The molecule has 0 amide bonds. The number of hydrogen-bond donors (Lipinski definition) is 1. The van der Waals surface area contributed by atoms with Crippen LogP contribution in [0, 0.1) is 13.8 Å². The molecule has 0 unspecified atom stereocenters. The number of nitrogens with one attached hydrogen (secondary N) is 1. The lowest BCUT2D eigenvalue weighted by Gasteiger charge is -2.14. The van der Waals surface area contributed by atoms with Crippen LogP contribution in [0.3, 0.4) is 0 Å². The maximum Gasteiger partial charge on any atom is 0.333 e. The van der Waals surface area contributed by atoms with Crippen molar-refractivity contribution in [2.45, 2.75) is 44.7 Å². The minimum Gasteiger partial charge on any atom is -0.265 e.